The lowest BCUT2D eigenvalue weighted by atomic mass is 9.96. The lowest BCUT2D eigenvalue weighted by Crippen LogP contribution is -2.33. The van der Waals surface area contributed by atoms with Gasteiger partial charge in [-0.1, -0.05) is 29.8 Å². The Labute approximate surface area is 131 Å². The number of rotatable bonds is 5. The largest absolute Gasteiger partial charge is 0.356 e. The standard InChI is InChI=1S/C15H21ClN2O.ClH/c16-14-6-2-1-5-13(14)10-15(19)18-9-7-12-4-3-8-17-11-12;/h1-2,5-6,12,17H,3-4,7-11H2,(H,18,19);1H. The summed E-state index contributed by atoms with van der Waals surface area (Å²) >= 11 is 6.04. The van der Waals surface area contributed by atoms with Crippen molar-refractivity contribution in [3.05, 3.63) is 34.9 Å². The van der Waals surface area contributed by atoms with Crippen molar-refractivity contribution < 1.29 is 4.79 Å². The van der Waals surface area contributed by atoms with Crippen LogP contribution in [-0.4, -0.2) is 25.5 Å². The summed E-state index contributed by atoms with van der Waals surface area (Å²) in [5, 5.41) is 7.03. The first-order valence-electron chi connectivity index (χ1n) is 6.96. The van der Waals surface area contributed by atoms with Gasteiger partial charge in [0.2, 0.25) is 5.91 Å². The molecular weight excluding hydrogens is 295 g/mol. The second-order valence-electron chi connectivity index (χ2n) is 5.12. The van der Waals surface area contributed by atoms with E-state index in [0.717, 1.165) is 31.6 Å². The number of benzene rings is 1. The Kier molecular flexibility index (Phi) is 7.97. The normalized spacial score (nSPS) is 18.1. The van der Waals surface area contributed by atoms with E-state index in [0.29, 0.717) is 17.4 Å². The Morgan fingerprint density at radius 2 is 2.20 bits per heavy atom. The molecule has 0 spiro atoms. The number of nitrogens with one attached hydrogen (secondary N) is 2. The molecule has 1 amide bonds. The Morgan fingerprint density at radius 3 is 2.90 bits per heavy atom. The Bertz CT molecular complexity index is 420. The molecule has 0 radical (unpaired) electrons. The summed E-state index contributed by atoms with van der Waals surface area (Å²) in [5.74, 6) is 0.756. The van der Waals surface area contributed by atoms with Crippen LogP contribution in [0.4, 0.5) is 0 Å². The van der Waals surface area contributed by atoms with Gasteiger partial charge in [0.15, 0.2) is 0 Å². The molecular formula is C15H22Cl2N2O. The molecule has 1 saturated heterocycles. The molecule has 2 N–H and O–H groups in total. The van der Waals surface area contributed by atoms with Crippen LogP contribution in [0, 0.1) is 5.92 Å². The van der Waals surface area contributed by atoms with Crippen LogP contribution in [0.3, 0.4) is 0 Å². The van der Waals surface area contributed by atoms with Crippen LogP contribution in [0.2, 0.25) is 5.02 Å². The van der Waals surface area contributed by atoms with E-state index in [-0.39, 0.29) is 18.3 Å². The summed E-state index contributed by atoms with van der Waals surface area (Å²) in [6.07, 6.45) is 3.94. The first kappa shape index (κ1) is 17.3. The third kappa shape index (κ3) is 5.70. The Balaban J connectivity index is 0.00000200. The molecule has 1 fully saturated rings. The molecule has 0 saturated carbocycles. The van der Waals surface area contributed by atoms with Crippen molar-refractivity contribution in [3.8, 4) is 0 Å². The maximum atomic E-state index is 11.8. The van der Waals surface area contributed by atoms with Crippen molar-refractivity contribution in [1.29, 1.82) is 0 Å². The third-order valence-electron chi connectivity index (χ3n) is 3.58. The highest BCUT2D eigenvalue weighted by Gasteiger charge is 2.13. The van der Waals surface area contributed by atoms with Gasteiger partial charge in [0.1, 0.15) is 0 Å². The Morgan fingerprint density at radius 1 is 1.40 bits per heavy atom. The number of carbonyl (C=O) groups is 1. The lowest BCUT2D eigenvalue weighted by molar-refractivity contribution is -0.120. The van der Waals surface area contributed by atoms with Crippen LogP contribution in [-0.2, 0) is 11.2 Å². The van der Waals surface area contributed by atoms with E-state index < -0.39 is 0 Å². The van der Waals surface area contributed by atoms with E-state index in [1.807, 2.05) is 24.3 Å². The van der Waals surface area contributed by atoms with Crippen LogP contribution >= 0.6 is 24.0 Å². The zero-order valence-electron chi connectivity index (χ0n) is 11.5. The predicted molar refractivity (Wildman–Crippen MR) is 85.6 cm³/mol. The number of carbonyl (C=O) groups excluding carboxylic acids is 1. The van der Waals surface area contributed by atoms with E-state index in [1.54, 1.807) is 0 Å². The minimum absolute atomic E-state index is 0. The summed E-state index contributed by atoms with van der Waals surface area (Å²) in [6, 6.07) is 7.49. The summed E-state index contributed by atoms with van der Waals surface area (Å²) in [7, 11) is 0. The second-order valence-corrected chi connectivity index (χ2v) is 5.53. The second kappa shape index (κ2) is 9.22. The fourth-order valence-electron chi connectivity index (χ4n) is 2.46. The molecule has 20 heavy (non-hydrogen) atoms. The van der Waals surface area contributed by atoms with E-state index in [2.05, 4.69) is 10.6 Å². The topological polar surface area (TPSA) is 41.1 Å². The van der Waals surface area contributed by atoms with E-state index in [4.69, 9.17) is 11.6 Å². The molecule has 1 heterocycles. The monoisotopic (exact) mass is 316 g/mol. The molecule has 2 rings (SSSR count). The molecule has 1 unspecified atom stereocenters. The fraction of sp³-hybridized carbons (Fsp3) is 0.533. The number of halogens is 2. The lowest BCUT2D eigenvalue weighted by Gasteiger charge is -2.22. The van der Waals surface area contributed by atoms with Crippen LogP contribution in [0.15, 0.2) is 24.3 Å². The van der Waals surface area contributed by atoms with Crippen molar-refractivity contribution >= 4 is 29.9 Å². The highest BCUT2D eigenvalue weighted by Crippen LogP contribution is 2.15. The van der Waals surface area contributed by atoms with Gasteiger partial charge in [-0.05, 0) is 49.9 Å². The first-order valence-corrected chi connectivity index (χ1v) is 7.34. The molecule has 3 nitrogen and oxygen atoms in total. The molecule has 5 heteroatoms. The molecule has 0 aromatic heterocycles. The van der Waals surface area contributed by atoms with Gasteiger partial charge in [-0.3, -0.25) is 4.79 Å². The fourth-order valence-corrected chi connectivity index (χ4v) is 2.67. The zero-order valence-corrected chi connectivity index (χ0v) is 13.1. The molecule has 1 aromatic carbocycles. The number of hydrogen-bond acceptors (Lipinski definition) is 2. The number of piperidine rings is 1. The highest BCUT2D eigenvalue weighted by atomic mass is 35.5. The van der Waals surface area contributed by atoms with Gasteiger partial charge in [-0.2, -0.15) is 0 Å². The summed E-state index contributed by atoms with van der Waals surface area (Å²) in [5.41, 5.74) is 0.890. The number of amides is 1. The van der Waals surface area contributed by atoms with E-state index >= 15 is 0 Å². The minimum atomic E-state index is 0. The quantitative estimate of drug-likeness (QED) is 0.877. The molecule has 1 atom stereocenters. The predicted octanol–water partition coefficient (Wildman–Crippen LogP) is 2.81. The van der Waals surface area contributed by atoms with Crippen molar-refractivity contribution in [1.82, 2.24) is 10.6 Å². The maximum absolute atomic E-state index is 11.8. The average molecular weight is 317 g/mol. The maximum Gasteiger partial charge on any atom is 0.224 e. The van der Waals surface area contributed by atoms with Crippen LogP contribution in [0.25, 0.3) is 0 Å². The van der Waals surface area contributed by atoms with Crippen molar-refractivity contribution in [3.63, 3.8) is 0 Å². The SMILES string of the molecule is Cl.O=C(Cc1ccccc1Cl)NCCC1CCCNC1. The zero-order chi connectivity index (χ0) is 13.5. The average Bonchev–Trinajstić information content (AvgIpc) is 2.43. The van der Waals surface area contributed by atoms with Crippen LogP contribution in [0.1, 0.15) is 24.8 Å². The van der Waals surface area contributed by atoms with Crippen LogP contribution < -0.4 is 10.6 Å². The highest BCUT2D eigenvalue weighted by molar-refractivity contribution is 6.31. The number of hydrogen-bond donors (Lipinski definition) is 2. The summed E-state index contributed by atoms with van der Waals surface area (Å²) < 4.78 is 0. The summed E-state index contributed by atoms with van der Waals surface area (Å²) in [4.78, 5) is 11.8. The summed E-state index contributed by atoms with van der Waals surface area (Å²) in [6.45, 7) is 2.98. The van der Waals surface area contributed by atoms with Gasteiger partial charge in [-0.25, -0.2) is 0 Å². The van der Waals surface area contributed by atoms with Gasteiger partial charge >= 0.3 is 0 Å². The molecule has 1 aliphatic rings. The molecule has 1 aliphatic heterocycles. The van der Waals surface area contributed by atoms with Gasteiger partial charge in [0.25, 0.3) is 0 Å². The van der Waals surface area contributed by atoms with Crippen molar-refractivity contribution in [2.45, 2.75) is 25.7 Å². The first-order chi connectivity index (χ1) is 9.25. The van der Waals surface area contributed by atoms with Gasteiger partial charge in [0, 0.05) is 11.6 Å². The third-order valence-corrected chi connectivity index (χ3v) is 3.95. The van der Waals surface area contributed by atoms with E-state index in [1.165, 1.54) is 12.8 Å². The molecule has 0 bridgehead atoms. The van der Waals surface area contributed by atoms with Gasteiger partial charge in [0.05, 0.1) is 6.42 Å². The van der Waals surface area contributed by atoms with Crippen LogP contribution in [0.5, 0.6) is 0 Å². The molecule has 112 valence electrons. The molecule has 1 aromatic rings. The minimum Gasteiger partial charge on any atom is -0.356 e. The van der Waals surface area contributed by atoms with E-state index in [9.17, 15) is 4.79 Å². The van der Waals surface area contributed by atoms with Crippen molar-refractivity contribution in [2.24, 2.45) is 5.92 Å². The van der Waals surface area contributed by atoms with Gasteiger partial charge < -0.3 is 10.6 Å². The van der Waals surface area contributed by atoms with Crippen molar-refractivity contribution in [2.75, 3.05) is 19.6 Å². The molecule has 0 aliphatic carbocycles. The smallest absolute Gasteiger partial charge is 0.224 e. The Hall–Kier alpha value is -0.770. The van der Waals surface area contributed by atoms with Gasteiger partial charge in [-0.15, -0.1) is 12.4 Å².